The highest BCUT2D eigenvalue weighted by Gasteiger charge is 2.27. The highest BCUT2D eigenvalue weighted by atomic mass is 32.1. The molecule has 1 fully saturated rings. The second-order valence-corrected chi connectivity index (χ2v) is 8.41. The molecule has 4 heterocycles. The summed E-state index contributed by atoms with van der Waals surface area (Å²) in [5.74, 6) is 1.24. The van der Waals surface area contributed by atoms with Crippen molar-refractivity contribution in [1.82, 2.24) is 19.4 Å². The molecule has 3 aromatic heterocycles. The van der Waals surface area contributed by atoms with Crippen molar-refractivity contribution in [3.8, 4) is 5.88 Å². The number of nitrogens with one attached hydrogen (secondary N) is 1. The van der Waals surface area contributed by atoms with E-state index < -0.39 is 0 Å². The number of rotatable bonds is 7. The maximum atomic E-state index is 11.9. The fourth-order valence-electron chi connectivity index (χ4n) is 3.58. The van der Waals surface area contributed by atoms with Gasteiger partial charge in [-0.3, -0.25) is 4.79 Å². The number of carbonyl (C=O) groups is 1. The number of amides is 1. The van der Waals surface area contributed by atoms with Crippen LogP contribution in [0.3, 0.4) is 0 Å². The number of nitrogens with zero attached hydrogens (tertiary/aromatic N) is 4. The lowest BCUT2D eigenvalue weighted by molar-refractivity contribution is -0.125. The van der Waals surface area contributed by atoms with Crippen molar-refractivity contribution < 1.29 is 9.53 Å². The van der Waals surface area contributed by atoms with Crippen LogP contribution in [0.4, 0.5) is 10.9 Å². The van der Waals surface area contributed by atoms with E-state index in [0.717, 1.165) is 40.3 Å². The normalized spacial score (nSPS) is 16.3. The van der Waals surface area contributed by atoms with Gasteiger partial charge in [0.1, 0.15) is 11.9 Å². The van der Waals surface area contributed by atoms with Gasteiger partial charge in [0.15, 0.2) is 5.13 Å². The smallest absolute Gasteiger partial charge is 0.246 e. The molecule has 1 N–H and O–H groups in total. The molecular weight excluding hydrogens is 386 g/mol. The molecule has 1 saturated heterocycles. The van der Waals surface area contributed by atoms with Crippen LogP contribution in [0.1, 0.15) is 24.6 Å². The molecule has 4 rings (SSSR count). The molecule has 8 heteroatoms. The number of likely N-dealkylation sites (tertiary alicyclic amines) is 1. The molecule has 1 aliphatic heterocycles. The van der Waals surface area contributed by atoms with Crippen molar-refractivity contribution >= 4 is 39.1 Å². The van der Waals surface area contributed by atoms with Crippen LogP contribution < -0.4 is 10.1 Å². The summed E-state index contributed by atoms with van der Waals surface area (Å²) in [6, 6.07) is 4.09. The number of aromatic nitrogens is 3. The van der Waals surface area contributed by atoms with Gasteiger partial charge in [-0.15, -0.1) is 11.3 Å². The first-order valence-electron chi connectivity index (χ1n) is 9.84. The zero-order valence-electron chi connectivity index (χ0n) is 16.7. The van der Waals surface area contributed by atoms with Crippen molar-refractivity contribution in [3.63, 3.8) is 0 Å². The average molecular weight is 412 g/mol. The standard InChI is InChI=1S/C21H25N5O2S/c1-4-8-25-10-7-16-17(25)11-18(24-21-22-12-14(3)29-21)23-20(16)28-15-6-9-26(13-15)19(27)5-2/h5,7,10-12,15H,2,4,6,8-9,13H2,1,3H3,(H,22,23,24)/t15-/m0/s1. The lowest BCUT2D eigenvalue weighted by Crippen LogP contribution is -2.29. The first kappa shape index (κ1) is 19.4. The zero-order valence-corrected chi connectivity index (χ0v) is 17.5. The van der Waals surface area contributed by atoms with Crippen molar-refractivity contribution in [2.75, 3.05) is 18.4 Å². The van der Waals surface area contributed by atoms with Crippen LogP contribution in [-0.2, 0) is 11.3 Å². The van der Waals surface area contributed by atoms with Gasteiger partial charge in [-0.2, -0.15) is 4.98 Å². The van der Waals surface area contributed by atoms with Crippen molar-refractivity contribution in [2.24, 2.45) is 0 Å². The fraction of sp³-hybridized carbons (Fsp3) is 0.381. The Balaban J connectivity index is 1.64. The topological polar surface area (TPSA) is 72.3 Å². The van der Waals surface area contributed by atoms with Crippen molar-refractivity contribution in [3.05, 3.63) is 42.1 Å². The average Bonchev–Trinajstić information content (AvgIpc) is 3.43. The molecule has 0 aromatic carbocycles. The number of ether oxygens (including phenoxy) is 1. The predicted molar refractivity (Wildman–Crippen MR) is 116 cm³/mol. The first-order chi connectivity index (χ1) is 14.1. The number of thiazole rings is 1. The van der Waals surface area contributed by atoms with E-state index in [1.165, 1.54) is 6.08 Å². The molecule has 0 spiro atoms. The molecule has 0 radical (unpaired) electrons. The van der Waals surface area contributed by atoms with Crippen LogP contribution in [0.5, 0.6) is 5.88 Å². The Morgan fingerprint density at radius 3 is 3.10 bits per heavy atom. The Labute approximate surface area is 174 Å². The van der Waals surface area contributed by atoms with E-state index >= 15 is 0 Å². The molecule has 29 heavy (non-hydrogen) atoms. The van der Waals surface area contributed by atoms with Crippen LogP contribution in [-0.4, -0.2) is 44.5 Å². The number of pyridine rings is 1. The lowest BCUT2D eigenvalue weighted by atomic mass is 10.3. The molecule has 0 bridgehead atoms. The molecule has 0 saturated carbocycles. The number of fused-ring (bicyclic) bond motifs is 1. The van der Waals surface area contributed by atoms with Gasteiger partial charge < -0.3 is 19.5 Å². The van der Waals surface area contributed by atoms with E-state index in [-0.39, 0.29) is 12.0 Å². The number of hydrogen-bond donors (Lipinski definition) is 1. The zero-order chi connectivity index (χ0) is 20.4. The van der Waals surface area contributed by atoms with Gasteiger partial charge in [-0.1, -0.05) is 13.5 Å². The van der Waals surface area contributed by atoms with Gasteiger partial charge in [0.25, 0.3) is 0 Å². The molecule has 7 nitrogen and oxygen atoms in total. The molecule has 1 atom stereocenters. The Bertz CT molecular complexity index is 1040. The summed E-state index contributed by atoms with van der Waals surface area (Å²) in [4.78, 5) is 23.9. The second kappa shape index (κ2) is 8.24. The summed E-state index contributed by atoms with van der Waals surface area (Å²) in [5, 5.41) is 5.09. The summed E-state index contributed by atoms with van der Waals surface area (Å²) < 4.78 is 8.49. The molecule has 0 unspecified atom stereocenters. The highest BCUT2D eigenvalue weighted by Crippen LogP contribution is 2.32. The maximum absolute atomic E-state index is 11.9. The van der Waals surface area contributed by atoms with Gasteiger partial charge in [0.2, 0.25) is 11.8 Å². The second-order valence-electron chi connectivity index (χ2n) is 7.17. The fourth-order valence-corrected chi connectivity index (χ4v) is 4.25. The van der Waals surface area contributed by atoms with Gasteiger partial charge >= 0.3 is 0 Å². The minimum atomic E-state index is -0.0820. The third-order valence-electron chi connectivity index (χ3n) is 4.96. The molecule has 0 aliphatic carbocycles. The predicted octanol–water partition coefficient (Wildman–Crippen LogP) is 4.12. The Hall–Kier alpha value is -2.87. The van der Waals surface area contributed by atoms with Crippen LogP contribution in [0.2, 0.25) is 0 Å². The number of hydrogen-bond acceptors (Lipinski definition) is 6. The van der Waals surface area contributed by atoms with Crippen LogP contribution >= 0.6 is 11.3 Å². The van der Waals surface area contributed by atoms with Crippen LogP contribution in [0, 0.1) is 6.92 Å². The minimum Gasteiger partial charge on any atom is -0.472 e. The summed E-state index contributed by atoms with van der Waals surface area (Å²) in [6.07, 6.45) is 7.00. The molecule has 1 aliphatic rings. The minimum absolute atomic E-state index is 0.0575. The lowest BCUT2D eigenvalue weighted by Gasteiger charge is -2.16. The van der Waals surface area contributed by atoms with Crippen LogP contribution in [0.15, 0.2) is 37.2 Å². The van der Waals surface area contributed by atoms with E-state index in [2.05, 4.69) is 34.6 Å². The number of aryl methyl sites for hydroxylation is 2. The highest BCUT2D eigenvalue weighted by molar-refractivity contribution is 7.15. The largest absolute Gasteiger partial charge is 0.472 e. The number of carbonyl (C=O) groups excluding carboxylic acids is 1. The third kappa shape index (κ3) is 4.12. The van der Waals surface area contributed by atoms with E-state index in [4.69, 9.17) is 9.72 Å². The van der Waals surface area contributed by atoms with E-state index in [1.54, 1.807) is 16.2 Å². The molecule has 152 valence electrons. The van der Waals surface area contributed by atoms with Crippen LogP contribution in [0.25, 0.3) is 10.9 Å². The van der Waals surface area contributed by atoms with E-state index in [9.17, 15) is 4.79 Å². The van der Waals surface area contributed by atoms with Crippen molar-refractivity contribution in [1.29, 1.82) is 0 Å². The summed E-state index contributed by atoms with van der Waals surface area (Å²) in [6.45, 7) is 9.90. The molecular formula is C21H25N5O2S. The van der Waals surface area contributed by atoms with Gasteiger partial charge in [-0.05, 0) is 25.5 Å². The molecule has 1 amide bonds. The summed E-state index contributed by atoms with van der Waals surface area (Å²) in [7, 11) is 0. The monoisotopic (exact) mass is 411 g/mol. The SMILES string of the molecule is C=CC(=O)N1CC[C@H](Oc2nc(Nc3ncc(C)s3)cc3c2ccn3CCC)C1. The van der Waals surface area contributed by atoms with E-state index in [1.807, 2.05) is 25.3 Å². The Kier molecular flexibility index (Phi) is 5.53. The van der Waals surface area contributed by atoms with Gasteiger partial charge in [-0.25, -0.2) is 4.98 Å². The number of anilines is 2. The van der Waals surface area contributed by atoms with E-state index in [0.29, 0.717) is 24.8 Å². The van der Waals surface area contributed by atoms with Gasteiger partial charge in [0.05, 0.1) is 17.4 Å². The van der Waals surface area contributed by atoms with Gasteiger partial charge in [0, 0.05) is 42.8 Å². The summed E-state index contributed by atoms with van der Waals surface area (Å²) in [5.41, 5.74) is 1.07. The van der Waals surface area contributed by atoms with Crippen molar-refractivity contribution in [2.45, 2.75) is 39.3 Å². The Morgan fingerprint density at radius 1 is 1.52 bits per heavy atom. The Morgan fingerprint density at radius 2 is 2.38 bits per heavy atom. The third-order valence-corrected chi connectivity index (χ3v) is 5.79. The maximum Gasteiger partial charge on any atom is 0.246 e. The molecule has 3 aromatic rings. The summed E-state index contributed by atoms with van der Waals surface area (Å²) >= 11 is 1.59. The quantitative estimate of drug-likeness (QED) is 0.592. The first-order valence-corrected chi connectivity index (χ1v) is 10.7.